The molecule has 1 aliphatic heterocycles. The molecule has 1 aromatic carbocycles. The Hall–Kier alpha value is -2.16. The molecule has 0 spiro atoms. The highest BCUT2D eigenvalue weighted by Gasteiger charge is 2.61. The fourth-order valence-electron chi connectivity index (χ4n) is 4.38. The molecular formula is C19H19NO2. The second kappa shape index (κ2) is 4.42. The zero-order valence-electron chi connectivity index (χ0n) is 13.0. The molecule has 3 aliphatic rings. The zero-order valence-corrected chi connectivity index (χ0v) is 13.0. The third-order valence-corrected chi connectivity index (χ3v) is 5.29. The molecule has 2 fully saturated rings. The molecule has 4 rings (SSSR count). The van der Waals surface area contributed by atoms with E-state index in [1.807, 2.05) is 31.2 Å². The number of hydrogen-bond acceptors (Lipinski definition) is 2. The van der Waals surface area contributed by atoms with E-state index in [1.165, 1.54) is 16.0 Å². The summed E-state index contributed by atoms with van der Waals surface area (Å²) in [5.41, 5.74) is 4.36. The van der Waals surface area contributed by atoms with Crippen molar-refractivity contribution < 1.29 is 9.59 Å². The minimum atomic E-state index is -0.200. The van der Waals surface area contributed by atoms with Crippen molar-refractivity contribution in [3.05, 3.63) is 53.1 Å². The fraction of sp³-hybridized carbons (Fsp3) is 0.368. The Morgan fingerprint density at radius 3 is 1.86 bits per heavy atom. The standard InChI is InChI=1S/C19H19NO2/c1-10(2)15-13-8-9-14(15)17-16(13)18(21)20(19(17)22)12-6-4-11(3)5-7-12/h4-9,13-14,16-17H,1-3H3/t13-,14+,16-,17-/m0/s1. The van der Waals surface area contributed by atoms with Crippen molar-refractivity contribution >= 4 is 17.5 Å². The number of carbonyl (C=O) groups is 2. The lowest BCUT2D eigenvalue weighted by Crippen LogP contribution is -2.33. The van der Waals surface area contributed by atoms with E-state index in [4.69, 9.17) is 0 Å². The van der Waals surface area contributed by atoms with Crippen molar-refractivity contribution in [3.8, 4) is 0 Å². The molecule has 1 aromatic rings. The van der Waals surface area contributed by atoms with E-state index in [2.05, 4.69) is 26.0 Å². The summed E-state index contributed by atoms with van der Waals surface area (Å²) in [5, 5.41) is 0. The van der Waals surface area contributed by atoms with Crippen LogP contribution in [0.5, 0.6) is 0 Å². The van der Waals surface area contributed by atoms with Crippen LogP contribution in [0.2, 0.25) is 0 Å². The summed E-state index contributed by atoms with van der Waals surface area (Å²) in [4.78, 5) is 27.2. The van der Waals surface area contributed by atoms with Crippen molar-refractivity contribution in [1.29, 1.82) is 0 Å². The van der Waals surface area contributed by atoms with Gasteiger partial charge >= 0.3 is 0 Å². The second-order valence-electron chi connectivity index (χ2n) is 6.79. The van der Waals surface area contributed by atoms with E-state index < -0.39 is 0 Å². The van der Waals surface area contributed by atoms with Crippen LogP contribution in [0.1, 0.15) is 19.4 Å². The second-order valence-corrected chi connectivity index (χ2v) is 6.79. The minimum absolute atomic E-state index is 0.0329. The van der Waals surface area contributed by atoms with Gasteiger partial charge in [-0.2, -0.15) is 0 Å². The molecule has 1 saturated carbocycles. The number of hydrogen-bond donors (Lipinski definition) is 0. The number of allylic oxidation sites excluding steroid dienone is 4. The van der Waals surface area contributed by atoms with Gasteiger partial charge in [0.25, 0.3) is 0 Å². The number of imide groups is 1. The molecule has 2 aliphatic carbocycles. The van der Waals surface area contributed by atoms with Crippen molar-refractivity contribution in [2.75, 3.05) is 4.90 Å². The first-order valence-electron chi connectivity index (χ1n) is 7.81. The molecule has 1 heterocycles. The summed E-state index contributed by atoms with van der Waals surface area (Å²) in [6, 6.07) is 7.61. The van der Waals surface area contributed by atoms with Gasteiger partial charge in [-0.15, -0.1) is 0 Å². The normalized spacial score (nSPS) is 32.1. The maximum absolute atomic E-state index is 12.9. The predicted molar refractivity (Wildman–Crippen MR) is 85.1 cm³/mol. The fourth-order valence-corrected chi connectivity index (χ4v) is 4.38. The Morgan fingerprint density at radius 1 is 0.909 bits per heavy atom. The Morgan fingerprint density at radius 2 is 1.41 bits per heavy atom. The van der Waals surface area contributed by atoms with E-state index in [-0.39, 0.29) is 35.5 Å². The van der Waals surface area contributed by atoms with E-state index in [0.29, 0.717) is 5.69 Å². The maximum Gasteiger partial charge on any atom is 0.238 e. The Bertz CT molecular complexity index is 703. The van der Waals surface area contributed by atoms with Crippen LogP contribution in [0.25, 0.3) is 0 Å². The van der Waals surface area contributed by atoms with Crippen molar-refractivity contribution in [2.24, 2.45) is 23.7 Å². The van der Waals surface area contributed by atoms with Gasteiger partial charge in [-0.25, -0.2) is 4.90 Å². The average Bonchev–Trinajstić information content (AvgIpc) is 3.11. The highest BCUT2D eigenvalue weighted by atomic mass is 16.2. The molecular weight excluding hydrogens is 274 g/mol. The van der Waals surface area contributed by atoms with Crippen LogP contribution in [-0.2, 0) is 9.59 Å². The molecule has 0 radical (unpaired) electrons. The minimum Gasteiger partial charge on any atom is -0.274 e. The first-order valence-corrected chi connectivity index (χ1v) is 7.81. The van der Waals surface area contributed by atoms with Gasteiger partial charge in [-0.3, -0.25) is 9.59 Å². The van der Waals surface area contributed by atoms with Crippen LogP contribution in [0.4, 0.5) is 5.69 Å². The monoisotopic (exact) mass is 293 g/mol. The van der Waals surface area contributed by atoms with Gasteiger partial charge in [-0.05, 0) is 32.9 Å². The van der Waals surface area contributed by atoms with Gasteiger partial charge in [-0.1, -0.05) is 41.0 Å². The third-order valence-electron chi connectivity index (χ3n) is 5.29. The topological polar surface area (TPSA) is 37.4 Å². The zero-order chi connectivity index (χ0) is 15.6. The molecule has 3 heteroatoms. The highest BCUT2D eigenvalue weighted by Crippen LogP contribution is 2.57. The summed E-state index contributed by atoms with van der Waals surface area (Å²) < 4.78 is 0. The third kappa shape index (κ3) is 1.57. The van der Waals surface area contributed by atoms with E-state index in [1.54, 1.807) is 0 Å². The molecule has 4 atom stereocenters. The lowest BCUT2D eigenvalue weighted by atomic mass is 9.85. The van der Waals surface area contributed by atoms with Crippen LogP contribution < -0.4 is 4.90 Å². The molecule has 0 aromatic heterocycles. The lowest BCUT2D eigenvalue weighted by molar-refractivity contribution is -0.122. The van der Waals surface area contributed by atoms with Crippen molar-refractivity contribution in [3.63, 3.8) is 0 Å². The average molecular weight is 293 g/mol. The number of benzene rings is 1. The van der Waals surface area contributed by atoms with Crippen molar-refractivity contribution in [1.82, 2.24) is 0 Å². The van der Waals surface area contributed by atoms with Gasteiger partial charge in [0.15, 0.2) is 0 Å². The summed E-state index contributed by atoms with van der Waals surface area (Å²) in [6.07, 6.45) is 4.25. The van der Waals surface area contributed by atoms with Crippen LogP contribution in [0.15, 0.2) is 47.6 Å². The maximum atomic E-state index is 12.9. The molecule has 3 nitrogen and oxygen atoms in total. The summed E-state index contributed by atoms with van der Waals surface area (Å²) >= 11 is 0. The van der Waals surface area contributed by atoms with Gasteiger partial charge in [0.2, 0.25) is 11.8 Å². The smallest absolute Gasteiger partial charge is 0.238 e. The Kier molecular flexibility index (Phi) is 2.71. The van der Waals surface area contributed by atoms with Crippen LogP contribution in [0.3, 0.4) is 0 Å². The number of rotatable bonds is 1. The van der Waals surface area contributed by atoms with Gasteiger partial charge in [0.05, 0.1) is 17.5 Å². The van der Waals surface area contributed by atoms with Gasteiger partial charge in [0.1, 0.15) is 0 Å². The van der Waals surface area contributed by atoms with E-state index >= 15 is 0 Å². The number of amides is 2. The number of carbonyl (C=O) groups excluding carboxylic acids is 2. The van der Waals surface area contributed by atoms with Gasteiger partial charge in [0, 0.05) is 11.8 Å². The molecule has 0 unspecified atom stereocenters. The molecule has 112 valence electrons. The van der Waals surface area contributed by atoms with E-state index in [0.717, 1.165) is 5.56 Å². The molecule has 2 amide bonds. The van der Waals surface area contributed by atoms with Crippen LogP contribution in [-0.4, -0.2) is 11.8 Å². The van der Waals surface area contributed by atoms with Crippen LogP contribution >= 0.6 is 0 Å². The number of anilines is 1. The predicted octanol–water partition coefficient (Wildman–Crippen LogP) is 3.25. The Labute approximate surface area is 130 Å². The Balaban J connectivity index is 1.76. The highest BCUT2D eigenvalue weighted by molar-refractivity contribution is 6.23. The molecule has 1 saturated heterocycles. The summed E-state index contributed by atoms with van der Waals surface area (Å²) in [7, 11) is 0. The largest absolute Gasteiger partial charge is 0.274 e. The first-order chi connectivity index (χ1) is 10.5. The first kappa shape index (κ1) is 13.5. The summed E-state index contributed by atoms with van der Waals surface area (Å²) in [6.45, 7) is 6.16. The molecule has 22 heavy (non-hydrogen) atoms. The molecule has 2 bridgehead atoms. The number of nitrogens with zero attached hydrogens (tertiary/aromatic N) is 1. The van der Waals surface area contributed by atoms with E-state index in [9.17, 15) is 9.59 Å². The molecule has 0 N–H and O–H groups in total. The number of fused-ring (bicyclic) bond motifs is 5. The SMILES string of the molecule is CC(C)=C1[C@H]2C=C[C@@H]1[C@@H]1C(=O)N(c3ccc(C)cc3)C(=O)[C@H]12. The number of aryl methyl sites for hydroxylation is 1. The summed E-state index contributed by atoms with van der Waals surface area (Å²) in [5.74, 6) is -0.231. The quantitative estimate of drug-likeness (QED) is 0.589. The van der Waals surface area contributed by atoms with Crippen molar-refractivity contribution in [2.45, 2.75) is 20.8 Å². The van der Waals surface area contributed by atoms with Crippen LogP contribution in [0, 0.1) is 30.6 Å². The van der Waals surface area contributed by atoms with Gasteiger partial charge < -0.3 is 0 Å². The lowest BCUT2D eigenvalue weighted by Gasteiger charge is -2.19.